The lowest BCUT2D eigenvalue weighted by Gasteiger charge is -2.26. The van der Waals surface area contributed by atoms with E-state index >= 15 is 0 Å². The molecule has 0 unspecified atom stereocenters. The second-order valence-electron chi connectivity index (χ2n) is 7.67. The van der Waals surface area contributed by atoms with E-state index in [4.69, 9.17) is 0 Å². The predicted octanol–water partition coefficient (Wildman–Crippen LogP) is 4.13. The van der Waals surface area contributed by atoms with Crippen LogP contribution in [0.3, 0.4) is 0 Å². The van der Waals surface area contributed by atoms with Gasteiger partial charge in [0, 0.05) is 43.4 Å². The molecule has 6 nitrogen and oxygen atoms in total. The zero-order valence-electron chi connectivity index (χ0n) is 16.8. The number of hydrogen-bond donors (Lipinski definition) is 1. The molecule has 1 N–H and O–H groups in total. The molecule has 1 fully saturated rings. The van der Waals surface area contributed by atoms with Gasteiger partial charge in [0.25, 0.3) is 5.91 Å². The summed E-state index contributed by atoms with van der Waals surface area (Å²) in [5.74, 6) is 1.00. The number of hydrogen-bond acceptors (Lipinski definition) is 3. The summed E-state index contributed by atoms with van der Waals surface area (Å²) in [6.45, 7) is 2.90. The van der Waals surface area contributed by atoms with Gasteiger partial charge in [0.05, 0.1) is 18.1 Å². The lowest BCUT2D eigenvalue weighted by atomic mass is 9.96. The number of H-pyrrole nitrogens is 1. The van der Waals surface area contributed by atoms with Crippen molar-refractivity contribution < 1.29 is 9.59 Å². The minimum absolute atomic E-state index is 0.0267. The maximum atomic E-state index is 13.6. The number of Topliss-reactive ketones (excluding diaryl/α,β-unsaturated/α-hetero) is 1. The van der Waals surface area contributed by atoms with Crippen LogP contribution in [0.2, 0.25) is 0 Å². The van der Waals surface area contributed by atoms with E-state index in [2.05, 4.69) is 34.2 Å². The number of piperidine rings is 1. The Balaban J connectivity index is 1.71. The van der Waals surface area contributed by atoms with Crippen LogP contribution < -0.4 is 0 Å². The first kappa shape index (κ1) is 18.4. The van der Waals surface area contributed by atoms with Gasteiger partial charge in [-0.2, -0.15) is 0 Å². The van der Waals surface area contributed by atoms with E-state index in [1.807, 2.05) is 35.9 Å². The van der Waals surface area contributed by atoms with Gasteiger partial charge in [-0.3, -0.25) is 9.59 Å². The summed E-state index contributed by atoms with van der Waals surface area (Å²) in [4.78, 5) is 34.4. The van der Waals surface area contributed by atoms with Crippen molar-refractivity contribution in [1.82, 2.24) is 19.4 Å². The van der Waals surface area contributed by atoms with Gasteiger partial charge in [0.15, 0.2) is 0 Å². The molecule has 4 aromatic rings. The first-order valence-electron chi connectivity index (χ1n) is 10.1. The lowest BCUT2D eigenvalue weighted by molar-refractivity contribution is -0.120. The molecule has 150 valence electrons. The second kappa shape index (κ2) is 7.30. The van der Waals surface area contributed by atoms with Crippen LogP contribution in [0.15, 0.2) is 61.2 Å². The normalized spacial score (nSPS) is 14.4. The van der Waals surface area contributed by atoms with Crippen LogP contribution >= 0.6 is 0 Å². The van der Waals surface area contributed by atoms with Crippen molar-refractivity contribution >= 4 is 22.5 Å². The number of likely N-dealkylation sites (tertiary alicyclic amines) is 1. The number of fused-ring (bicyclic) bond motifs is 1. The third-order valence-corrected chi connectivity index (χ3v) is 5.90. The van der Waals surface area contributed by atoms with Crippen LogP contribution in [-0.4, -0.2) is 44.2 Å². The fourth-order valence-electron chi connectivity index (χ4n) is 4.29. The third-order valence-electron chi connectivity index (χ3n) is 5.90. The van der Waals surface area contributed by atoms with Gasteiger partial charge in [-0.15, -0.1) is 0 Å². The van der Waals surface area contributed by atoms with Crippen molar-refractivity contribution in [3.63, 3.8) is 0 Å². The summed E-state index contributed by atoms with van der Waals surface area (Å²) < 4.78 is 1.98. The first-order chi connectivity index (χ1) is 14.6. The van der Waals surface area contributed by atoms with Crippen LogP contribution in [0.4, 0.5) is 0 Å². The molecule has 0 atom stereocenters. The Morgan fingerprint density at radius 1 is 1.03 bits per heavy atom. The minimum atomic E-state index is -0.0267. The highest BCUT2D eigenvalue weighted by Crippen LogP contribution is 2.35. The molecule has 0 bridgehead atoms. The number of carbonyl (C=O) groups excluding carboxylic acids is 2. The molecule has 30 heavy (non-hydrogen) atoms. The number of benzene rings is 2. The molecule has 1 aliphatic heterocycles. The topological polar surface area (TPSA) is 71.0 Å². The van der Waals surface area contributed by atoms with Crippen molar-refractivity contribution in [2.24, 2.45) is 0 Å². The van der Waals surface area contributed by atoms with E-state index in [1.165, 1.54) is 0 Å². The van der Waals surface area contributed by atoms with Crippen molar-refractivity contribution in [3.05, 3.63) is 72.4 Å². The van der Waals surface area contributed by atoms with Crippen molar-refractivity contribution in [1.29, 1.82) is 0 Å². The average Bonchev–Trinajstić information content (AvgIpc) is 3.41. The maximum Gasteiger partial charge on any atom is 0.256 e. The summed E-state index contributed by atoms with van der Waals surface area (Å²) >= 11 is 0. The number of amides is 1. The molecular formula is C24H22N4O2. The van der Waals surface area contributed by atoms with Crippen LogP contribution in [0.1, 0.15) is 28.9 Å². The van der Waals surface area contributed by atoms with E-state index in [0.717, 1.165) is 33.4 Å². The SMILES string of the molecule is Cc1c(C(=O)N2CCC(=O)CC2)c(-c2cccc3ccccc23)cn1-c1cnc[nH]1. The minimum Gasteiger partial charge on any atom is -0.338 e. The highest BCUT2D eigenvalue weighted by molar-refractivity contribution is 6.07. The number of imidazole rings is 1. The molecule has 5 rings (SSSR count). The van der Waals surface area contributed by atoms with Crippen LogP contribution in [0, 0.1) is 6.92 Å². The van der Waals surface area contributed by atoms with Crippen molar-refractivity contribution in [2.45, 2.75) is 19.8 Å². The summed E-state index contributed by atoms with van der Waals surface area (Å²) in [7, 11) is 0. The molecule has 1 amide bonds. The van der Waals surface area contributed by atoms with Gasteiger partial charge in [-0.25, -0.2) is 4.98 Å². The number of nitrogens with zero attached hydrogens (tertiary/aromatic N) is 3. The van der Waals surface area contributed by atoms with Gasteiger partial charge in [0.2, 0.25) is 0 Å². The summed E-state index contributed by atoms with van der Waals surface area (Å²) in [5, 5.41) is 2.23. The molecule has 2 aromatic heterocycles. The van der Waals surface area contributed by atoms with Gasteiger partial charge in [-0.1, -0.05) is 42.5 Å². The van der Waals surface area contributed by atoms with Crippen molar-refractivity contribution in [2.75, 3.05) is 13.1 Å². The molecule has 2 aromatic carbocycles. The second-order valence-corrected chi connectivity index (χ2v) is 7.67. The van der Waals surface area contributed by atoms with E-state index in [-0.39, 0.29) is 11.7 Å². The van der Waals surface area contributed by atoms with E-state index in [1.54, 1.807) is 17.4 Å². The number of rotatable bonds is 3. The first-order valence-corrected chi connectivity index (χ1v) is 10.1. The molecule has 6 heteroatoms. The zero-order chi connectivity index (χ0) is 20.7. The molecule has 0 radical (unpaired) electrons. The molecule has 1 aliphatic rings. The Morgan fingerprint density at radius 3 is 2.57 bits per heavy atom. The van der Waals surface area contributed by atoms with Gasteiger partial charge < -0.3 is 14.5 Å². The van der Waals surface area contributed by atoms with Crippen LogP contribution in [0.5, 0.6) is 0 Å². The summed E-state index contributed by atoms with van der Waals surface area (Å²) in [5.41, 5.74) is 3.44. The molecule has 3 heterocycles. The number of aromatic amines is 1. The van der Waals surface area contributed by atoms with Gasteiger partial charge in [0.1, 0.15) is 11.6 Å². The fourth-order valence-corrected chi connectivity index (χ4v) is 4.29. The van der Waals surface area contributed by atoms with Crippen molar-refractivity contribution in [3.8, 4) is 16.9 Å². The highest BCUT2D eigenvalue weighted by atomic mass is 16.2. The summed E-state index contributed by atoms with van der Waals surface area (Å²) in [6.07, 6.45) is 6.23. The Kier molecular flexibility index (Phi) is 4.47. The lowest BCUT2D eigenvalue weighted by Crippen LogP contribution is -2.39. The monoisotopic (exact) mass is 398 g/mol. The number of ketones is 1. The smallest absolute Gasteiger partial charge is 0.256 e. The van der Waals surface area contributed by atoms with E-state index in [9.17, 15) is 9.59 Å². The molecule has 0 aliphatic carbocycles. The maximum absolute atomic E-state index is 13.6. The standard InChI is InChI=1S/C24H22N4O2/c1-16-23(24(30)27-11-9-18(29)10-12-27)21(14-28(16)22-13-25-15-26-22)20-8-4-6-17-5-2-3-7-19(17)20/h2-8,13-15H,9-12H2,1H3,(H,25,26). The fraction of sp³-hybridized carbons (Fsp3) is 0.208. The van der Waals surface area contributed by atoms with E-state index < -0.39 is 0 Å². The Labute approximate surface area is 174 Å². The Bertz CT molecular complexity index is 1240. The van der Waals surface area contributed by atoms with Gasteiger partial charge in [-0.05, 0) is 23.3 Å². The average molecular weight is 398 g/mol. The Morgan fingerprint density at radius 2 is 1.80 bits per heavy atom. The van der Waals surface area contributed by atoms with E-state index in [0.29, 0.717) is 31.5 Å². The molecule has 0 spiro atoms. The largest absolute Gasteiger partial charge is 0.338 e. The Hall–Kier alpha value is -3.67. The van der Waals surface area contributed by atoms with Gasteiger partial charge >= 0.3 is 0 Å². The van der Waals surface area contributed by atoms with Crippen LogP contribution in [-0.2, 0) is 4.79 Å². The predicted molar refractivity (Wildman–Crippen MR) is 116 cm³/mol. The molecule has 1 saturated heterocycles. The molecule has 0 saturated carbocycles. The third kappa shape index (κ3) is 3.01. The number of nitrogens with one attached hydrogen (secondary N) is 1. The van der Waals surface area contributed by atoms with Crippen LogP contribution in [0.25, 0.3) is 27.7 Å². The number of carbonyl (C=O) groups is 2. The summed E-state index contributed by atoms with van der Waals surface area (Å²) in [6, 6.07) is 14.4. The molecular weight excluding hydrogens is 376 g/mol. The quantitative estimate of drug-likeness (QED) is 0.564. The number of aromatic nitrogens is 3. The zero-order valence-corrected chi connectivity index (χ0v) is 16.8. The highest BCUT2D eigenvalue weighted by Gasteiger charge is 2.28.